The maximum atomic E-state index is 13.7. The molecule has 3 aromatic rings. The van der Waals surface area contributed by atoms with Crippen LogP contribution >= 0.6 is 0 Å². The van der Waals surface area contributed by atoms with Gasteiger partial charge in [0.25, 0.3) is 0 Å². The number of amides is 1. The third kappa shape index (κ3) is 7.03. The first-order chi connectivity index (χ1) is 21.8. The van der Waals surface area contributed by atoms with Gasteiger partial charge in [0.15, 0.2) is 5.82 Å². The van der Waals surface area contributed by atoms with Gasteiger partial charge >= 0.3 is 24.6 Å². The van der Waals surface area contributed by atoms with E-state index >= 15 is 0 Å². The monoisotopic (exact) mass is 681 g/mol. The van der Waals surface area contributed by atoms with E-state index in [1.807, 2.05) is 0 Å². The third-order valence-corrected chi connectivity index (χ3v) is 8.39. The SMILES string of the molecule is CC[C@]1(N)C[C@H](c2noc(C(Cc3cc(C(F)(F)F)cc(C(F)(F)F)c3)N3CCOCC3)n2)c2cc(C(F)(F)F)ccc2N1C(=O)O. The molecule has 2 aliphatic heterocycles. The van der Waals surface area contributed by atoms with E-state index in [2.05, 4.69) is 10.1 Å². The highest BCUT2D eigenvalue weighted by Gasteiger charge is 2.47. The van der Waals surface area contributed by atoms with Gasteiger partial charge in [0.2, 0.25) is 5.89 Å². The molecule has 3 heterocycles. The summed E-state index contributed by atoms with van der Waals surface area (Å²) in [6.07, 6.45) is -17.1. The number of alkyl halides is 9. The van der Waals surface area contributed by atoms with E-state index in [1.54, 1.807) is 11.8 Å². The third-order valence-electron chi connectivity index (χ3n) is 8.39. The van der Waals surface area contributed by atoms with Crippen LogP contribution in [-0.4, -0.2) is 58.2 Å². The van der Waals surface area contributed by atoms with E-state index in [0.717, 1.165) is 17.0 Å². The molecule has 3 N–H and O–H groups in total. The maximum Gasteiger partial charge on any atom is 0.416 e. The fourth-order valence-corrected chi connectivity index (χ4v) is 5.98. The van der Waals surface area contributed by atoms with Crippen LogP contribution in [0, 0.1) is 0 Å². The van der Waals surface area contributed by atoms with Gasteiger partial charge in [-0.25, -0.2) is 4.79 Å². The van der Waals surface area contributed by atoms with Gasteiger partial charge in [-0.3, -0.25) is 9.80 Å². The van der Waals surface area contributed by atoms with Gasteiger partial charge in [0.05, 0.1) is 47.6 Å². The summed E-state index contributed by atoms with van der Waals surface area (Å²) in [5.74, 6) is -1.53. The van der Waals surface area contributed by atoms with Crippen LogP contribution in [0.5, 0.6) is 0 Å². The summed E-state index contributed by atoms with van der Waals surface area (Å²) >= 11 is 0. The molecule has 1 unspecified atom stereocenters. The van der Waals surface area contributed by atoms with Crippen molar-refractivity contribution in [2.75, 3.05) is 31.2 Å². The first-order valence-electron chi connectivity index (χ1n) is 14.3. The topological polar surface area (TPSA) is 118 Å². The number of nitrogens with zero attached hydrogens (tertiary/aromatic N) is 4. The minimum atomic E-state index is -5.08. The number of hydrogen-bond donors (Lipinski definition) is 2. The molecule has 0 bridgehead atoms. The molecule has 18 heteroatoms. The Morgan fingerprint density at radius 2 is 1.57 bits per heavy atom. The lowest BCUT2D eigenvalue weighted by molar-refractivity contribution is -0.143. The molecule has 1 aromatic heterocycles. The van der Waals surface area contributed by atoms with Gasteiger partial charge in [-0.2, -0.15) is 44.5 Å². The lowest BCUT2D eigenvalue weighted by Crippen LogP contribution is -2.61. The van der Waals surface area contributed by atoms with Crippen LogP contribution in [0.4, 0.5) is 50.0 Å². The zero-order valence-corrected chi connectivity index (χ0v) is 24.5. The highest BCUT2D eigenvalue weighted by atomic mass is 19.4. The molecular formula is C29H28F9N5O4. The number of halogens is 9. The maximum absolute atomic E-state index is 13.7. The van der Waals surface area contributed by atoms with Crippen molar-refractivity contribution in [3.63, 3.8) is 0 Å². The fourth-order valence-electron chi connectivity index (χ4n) is 5.98. The Hall–Kier alpha value is -3.90. The Morgan fingerprint density at radius 1 is 0.979 bits per heavy atom. The van der Waals surface area contributed by atoms with Crippen molar-refractivity contribution in [3.05, 3.63) is 75.9 Å². The average Bonchev–Trinajstić information content (AvgIpc) is 3.48. The van der Waals surface area contributed by atoms with E-state index in [0.29, 0.717) is 18.2 Å². The molecule has 0 saturated carbocycles. The van der Waals surface area contributed by atoms with Gasteiger partial charge in [-0.1, -0.05) is 12.1 Å². The molecule has 47 heavy (non-hydrogen) atoms. The van der Waals surface area contributed by atoms with Gasteiger partial charge in [-0.05, 0) is 66.8 Å². The summed E-state index contributed by atoms with van der Waals surface area (Å²) in [5.41, 5.74) is 0.215. The summed E-state index contributed by atoms with van der Waals surface area (Å²) in [4.78, 5) is 19.1. The Bertz CT molecular complexity index is 1590. The highest BCUT2D eigenvalue weighted by molar-refractivity contribution is 5.90. The first kappa shape index (κ1) is 34.4. The number of ether oxygens (including phenoxy) is 1. The van der Waals surface area contributed by atoms with Crippen molar-refractivity contribution in [1.82, 2.24) is 15.0 Å². The molecule has 0 aliphatic carbocycles. The van der Waals surface area contributed by atoms with Gasteiger partial charge in [-0.15, -0.1) is 0 Å². The zero-order chi connectivity index (χ0) is 34.5. The fraction of sp³-hybridized carbons (Fsp3) is 0.483. The second-order valence-electron chi connectivity index (χ2n) is 11.4. The quantitative estimate of drug-likeness (QED) is 0.272. The average molecular weight is 682 g/mol. The smallest absolute Gasteiger partial charge is 0.416 e. The number of carbonyl (C=O) groups is 1. The van der Waals surface area contributed by atoms with E-state index in [9.17, 15) is 49.4 Å². The summed E-state index contributed by atoms with van der Waals surface area (Å²) in [7, 11) is 0. The summed E-state index contributed by atoms with van der Waals surface area (Å²) in [5, 5.41) is 13.9. The molecule has 0 radical (unpaired) electrons. The van der Waals surface area contributed by atoms with Crippen molar-refractivity contribution in [2.45, 2.75) is 62.3 Å². The summed E-state index contributed by atoms with van der Waals surface area (Å²) in [6.45, 7) is 2.35. The standard InChI is InChI=1S/C29H28F9N5O4/c1-2-26(39)14-20(19-13-16(27(30,31)32)3-4-21(19)43(26)25(44)45)23-40-24(47-41-23)22(42-5-7-46-8-6-42)11-15-9-17(28(33,34)35)12-18(10-15)29(36,37)38/h3-4,9-10,12-13,20,22H,2,5-8,11,14,39H2,1H3,(H,44,45)/t20-,22?,26+/m0/s1. The molecule has 5 rings (SSSR count). The summed E-state index contributed by atoms with van der Waals surface area (Å²) < 4.78 is 134. The van der Waals surface area contributed by atoms with Crippen LogP contribution in [0.3, 0.4) is 0 Å². The van der Waals surface area contributed by atoms with Crippen LogP contribution < -0.4 is 10.6 Å². The van der Waals surface area contributed by atoms with Crippen molar-refractivity contribution in [3.8, 4) is 0 Å². The molecule has 0 spiro atoms. The van der Waals surface area contributed by atoms with Crippen LogP contribution in [0.2, 0.25) is 0 Å². The van der Waals surface area contributed by atoms with Crippen LogP contribution in [0.15, 0.2) is 40.9 Å². The normalized spacial score (nSPS) is 21.9. The van der Waals surface area contributed by atoms with Crippen LogP contribution in [0.1, 0.15) is 71.3 Å². The first-order valence-corrected chi connectivity index (χ1v) is 14.3. The van der Waals surface area contributed by atoms with E-state index in [1.165, 1.54) is 0 Å². The number of hydrogen-bond acceptors (Lipinski definition) is 7. The molecule has 1 amide bonds. The summed E-state index contributed by atoms with van der Waals surface area (Å²) in [6, 6.07) is 2.62. The number of benzene rings is 2. The van der Waals surface area contributed by atoms with Crippen LogP contribution in [-0.2, 0) is 29.7 Å². The second kappa shape index (κ2) is 12.3. The predicted molar refractivity (Wildman–Crippen MR) is 145 cm³/mol. The molecule has 2 aromatic carbocycles. The molecule has 9 nitrogen and oxygen atoms in total. The lowest BCUT2D eigenvalue weighted by atomic mass is 9.80. The van der Waals surface area contributed by atoms with Gasteiger partial charge in [0.1, 0.15) is 5.66 Å². The predicted octanol–water partition coefficient (Wildman–Crippen LogP) is 6.83. The minimum Gasteiger partial charge on any atom is -0.465 e. The van der Waals surface area contributed by atoms with Crippen LogP contribution in [0.25, 0.3) is 0 Å². The Labute approximate surface area is 261 Å². The molecule has 3 atom stereocenters. The number of rotatable bonds is 6. The van der Waals surface area contributed by atoms with Crippen molar-refractivity contribution < 1.29 is 58.7 Å². The van der Waals surface area contributed by atoms with E-state index in [4.69, 9.17) is 15.0 Å². The molecule has 1 fully saturated rings. The van der Waals surface area contributed by atoms with E-state index < -0.39 is 65.4 Å². The number of nitrogens with two attached hydrogens (primary N) is 1. The largest absolute Gasteiger partial charge is 0.465 e. The number of fused-ring (bicyclic) bond motifs is 1. The minimum absolute atomic E-state index is 0.0149. The molecular weight excluding hydrogens is 653 g/mol. The van der Waals surface area contributed by atoms with Gasteiger partial charge < -0.3 is 20.1 Å². The van der Waals surface area contributed by atoms with Crippen molar-refractivity contribution in [1.29, 1.82) is 0 Å². The molecule has 256 valence electrons. The highest BCUT2D eigenvalue weighted by Crippen LogP contribution is 2.47. The lowest BCUT2D eigenvalue weighted by Gasteiger charge is -2.45. The number of aromatic nitrogens is 2. The van der Waals surface area contributed by atoms with Gasteiger partial charge in [0, 0.05) is 13.1 Å². The number of morpholine rings is 1. The van der Waals surface area contributed by atoms with E-state index in [-0.39, 0.29) is 73.7 Å². The second-order valence-corrected chi connectivity index (χ2v) is 11.4. The molecule has 1 saturated heterocycles. The number of carboxylic acid groups (broad SMARTS) is 1. The Kier molecular flexibility index (Phi) is 9.00. The Morgan fingerprint density at radius 3 is 2.11 bits per heavy atom. The Balaban J connectivity index is 1.60. The van der Waals surface area contributed by atoms with Crippen molar-refractivity contribution in [2.24, 2.45) is 5.73 Å². The number of anilines is 1. The zero-order valence-electron chi connectivity index (χ0n) is 24.5. The molecule has 2 aliphatic rings. The van der Waals surface area contributed by atoms with Crippen molar-refractivity contribution >= 4 is 11.8 Å².